The molecular formula is C43H27N7. The number of hydrogen-bond acceptors (Lipinski definition) is 5. The first kappa shape index (κ1) is 28.1. The summed E-state index contributed by atoms with van der Waals surface area (Å²) in [6.45, 7) is 0. The number of fused-ring (bicyclic) bond motifs is 6. The van der Waals surface area contributed by atoms with Crippen molar-refractivity contribution in [2.24, 2.45) is 0 Å². The highest BCUT2D eigenvalue weighted by molar-refractivity contribution is 6.10. The predicted molar refractivity (Wildman–Crippen MR) is 200 cm³/mol. The zero-order valence-corrected chi connectivity index (χ0v) is 26.7. The number of benzene rings is 5. The van der Waals surface area contributed by atoms with Crippen molar-refractivity contribution in [2.75, 3.05) is 0 Å². The lowest BCUT2D eigenvalue weighted by atomic mass is 9.91. The van der Waals surface area contributed by atoms with Gasteiger partial charge in [-0.1, -0.05) is 115 Å². The number of pyridine rings is 2. The Morgan fingerprint density at radius 2 is 0.800 bits per heavy atom. The predicted octanol–water partition coefficient (Wildman–Crippen LogP) is 9.86. The van der Waals surface area contributed by atoms with Gasteiger partial charge in [0, 0.05) is 39.5 Å². The Kier molecular flexibility index (Phi) is 6.35. The Balaban J connectivity index is 1.37. The van der Waals surface area contributed by atoms with Crippen LogP contribution >= 0.6 is 0 Å². The van der Waals surface area contributed by atoms with Crippen LogP contribution in [0.1, 0.15) is 0 Å². The largest absolute Gasteiger partial charge is 0.276 e. The van der Waals surface area contributed by atoms with E-state index in [2.05, 4.69) is 122 Å². The van der Waals surface area contributed by atoms with Crippen LogP contribution in [0, 0.1) is 0 Å². The molecule has 7 nitrogen and oxygen atoms in total. The second-order valence-corrected chi connectivity index (χ2v) is 12.2. The normalized spacial score (nSPS) is 11.6. The van der Waals surface area contributed by atoms with Crippen molar-refractivity contribution < 1.29 is 0 Å². The summed E-state index contributed by atoms with van der Waals surface area (Å²) in [5.41, 5.74) is 8.94. The van der Waals surface area contributed by atoms with E-state index in [4.69, 9.17) is 15.0 Å². The molecule has 0 radical (unpaired) electrons. The number of aromatic nitrogens is 7. The lowest BCUT2D eigenvalue weighted by Gasteiger charge is -2.17. The van der Waals surface area contributed by atoms with Gasteiger partial charge in [-0.05, 0) is 46.5 Å². The van der Waals surface area contributed by atoms with E-state index < -0.39 is 0 Å². The number of rotatable bonds is 5. The fourth-order valence-corrected chi connectivity index (χ4v) is 7.24. The van der Waals surface area contributed by atoms with Gasteiger partial charge in [0.1, 0.15) is 0 Å². The van der Waals surface area contributed by atoms with E-state index in [-0.39, 0.29) is 0 Å². The minimum atomic E-state index is 0.501. The highest BCUT2D eigenvalue weighted by Crippen LogP contribution is 2.40. The maximum Gasteiger partial charge on any atom is 0.240 e. The van der Waals surface area contributed by atoms with E-state index in [0.29, 0.717) is 17.7 Å². The Morgan fingerprint density at radius 1 is 0.360 bits per heavy atom. The summed E-state index contributed by atoms with van der Waals surface area (Å²) >= 11 is 0. The lowest BCUT2D eigenvalue weighted by Crippen LogP contribution is -2.11. The summed E-state index contributed by atoms with van der Waals surface area (Å²) in [5, 5.41) is 4.36. The van der Waals surface area contributed by atoms with Crippen molar-refractivity contribution in [3.05, 3.63) is 164 Å². The van der Waals surface area contributed by atoms with Crippen molar-refractivity contribution in [1.82, 2.24) is 34.1 Å². The molecule has 0 saturated heterocycles. The summed E-state index contributed by atoms with van der Waals surface area (Å²) in [5.74, 6) is 1.56. The highest BCUT2D eigenvalue weighted by Gasteiger charge is 2.23. The van der Waals surface area contributed by atoms with Crippen LogP contribution in [0.5, 0.6) is 0 Å². The molecule has 7 heteroatoms. The van der Waals surface area contributed by atoms with Crippen LogP contribution in [0.2, 0.25) is 0 Å². The first-order valence-electron chi connectivity index (χ1n) is 16.5. The molecule has 234 valence electrons. The number of para-hydroxylation sites is 2. The average molecular weight is 642 g/mol. The van der Waals surface area contributed by atoms with Gasteiger partial charge in [-0.3, -0.25) is 19.1 Å². The SMILES string of the molecule is c1ccc(-c2cccc(-c3ccccc3)c2-c2nc(-n3c4ccccc4c4ccncc43)nc(-n3c4ccccc4c4ccncc43)n2)cc1. The molecule has 5 heterocycles. The molecular weight excluding hydrogens is 615 g/mol. The van der Waals surface area contributed by atoms with Crippen LogP contribution < -0.4 is 0 Å². The van der Waals surface area contributed by atoms with Crippen molar-refractivity contribution in [3.63, 3.8) is 0 Å². The molecule has 0 bridgehead atoms. The van der Waals surface area contributed by atoms with Gasteiger partial charge in [0.05, 0.1) is 34.5 Å². The van der Waals surface area contributed by atoms with E-state index in [9.17, 15) is 0 Å². The molecule has 10 aromatic rings. The average Bonchev–Trinajstić information content (AvgIpc) is 3.71. The van der Waals surface area contributed by atoms with Crippen molar-refractivity contribution in [2.45, 2.75) is 0 Å². The molecule has 0 unspecified atom stereocenters. The topological polar surface area (TPSA) is 74.3 Å². The minimum absolute atomic E-state index is 0.501. The van der Waals surface area contributed by atoms with E-state index in [1.54, 1.807) is 0 Å². The van der Waals surface area contributed by atoms with Crippen LogP contribution in [0.15, 0.2) is 164 Å². The Bertz CT molecular complexity index is 2580. The third kappa shape index (κ3) is 4.34. The Morgan fingerprint density at radius 3 is 1.30 bits per heavy atom. The fraction of sp³-hybridized carbons (Fsp3) is 0. The Hall–Kier alpha value is -6.99. The molecule has 0 fully saturated rings. The first-order valence-corrected chi connectivity index (χ1v) is 16.5. The molecule has 0 amide bonds. The maximum absolute atomic E-state index is 5.37. The molecule has 0 atom stereocenters. The highest BCUT2D eigenvalue weighted by atomic mass is 15.3. The molecule has 5 aromatic heterocycles. The van der Waals surface area contributed by atoms with E-state index >= 15 is 0 Å². The van der Waals surface area contributed by atoms with Crippen LogP contribution in [-0.2, 0) is 0 Å². The molecule has 5 aromatic carbocycles. The van der Waals surface area contributed by atoms with E-state index in [1.807, 2.05) is 61.2 Å². The lowest BCUT2D eigenvalue weighted by molar-refractivity contribution is 0.891. The molecule has 0 aliphatic heterocycles. The third-order valence-electron chi connectivity index (χ3n) is 9.42. The van der Waals surface area contributed by atoms with Crippen LogP contribution in [0.4, 0.5) is 0 Å². The minimum Gasteiger partial charge on any atom is -0.276 e. The molecule has 0 aliphatic rings. The first-order chi connectivity index (χ1) is 24.8. The molecule has 0 spiro atoms. The van der Waals surface area contributed by atoms with Gasteiger partial charge in [0.25, 0.3) is 0 Å². The van der Waals surface area contributed by atoms with Crippen molar-refractivity contribution in [1.29, 1.82) is 0 Å². The van der Waals surface area contributed by atoms with Crippen LogP contribution in [-0.4, -0.2) is 34.1 Å². The van der Waals surface area contributed by atoms with Crippen LogP contribution in [0.25, 0.3) is 89.2 Å². The number of hydrogen-bond donors (Lipinski definition) is 0. The summed E-state index contributed by atoms with van der Waals surface area (Å²) in [4.78, 5) is 25.1. The molecule has 10 rings (SSSR count). The summed E-state index contributed by atoms with van der Waals surface area (Å²) in [6.07, 6.45) is 7.43. The third-order valence-corrected chi connectivity index (χ3v) is 9.42. The van der Waals surface area contributed by atoms with Gasteiger partial charge in [-0.2, -0.15) is 15.0 Å². The summed E-state index contributed by atoms with van der Waals surface area (Å²) in [6, 6.07) is 48.1. The molecule has 0 aliphatic carbocycles. The monoisotopic (exact) mass is 641 g/mol. The fourth-order valence-electron chi connectivity index (χ4n) is 7.24. The summed E-state index contributed by atoms with van der Waals surface area (Å²) in [7, 11) is 0. The molecule has 50 heavy (non-hydrogen) atoms. The smallest absolute Gasteiger partial charge is 0.240 e. The Labute approximate surface area is 286 Å². The standard InChI is InChI=1S/C43H27N7/c1-3-12-28(13-4-1)30-18-11-19-31(29-14-5-2-6-15-29)40(30)41-46-42(49-36-20-9-7-16-32(36)34-22-24-44-26-38(34)49)48-43(47-41)50-37-21-10-8-17-33(37)35-23-25-45-27-39(35)50/h1-27H. The van der Waals surface area contributed by atoms with Gasteiger partial charge in [-0.15, -0.1) is 0 Å². The maximum atomic E-state index is 5.37. The second-order valence-electron chi connectivity index (χ2n) is 12.2. The van der Waals surface area contributed by atoms with E-state index in [0.717, 1.165) is 71.4 Å². The van der Waals surface area contributed by atoms with Crippen molar-refractivity contribution in [3.8, 4) is 45.5 Å². The quantitative estimate of drug-likeness (QED) is 0.187. The van der Waals surface area contributed by atoms with E-state index in [1.165, 1.54) is 0 Å². The summed E-state index contributed by atoms with van der Waals surface area (Å²) < 4.78 is 4.21. The second kappa shape index (κ2) is 11.3. The van der Waals surface area contributed by atoms with Gasteiger partial charge < -0.3 is 0 Å². The van der Waals surface area contributed by atoms with Gasteiger partial charge in [-0.25, -0.2) is 0 Å². The zero-order valence-electron chi connectivity index (χ0n) is 26.7. The van der Waals surface area contributed by atoms with Gasteiger partial charge in [0.15, 0.2) is 5.82 Å². The van der Waals surface area contributed by atoms with Gasteiger partial charge >= 0.3 is 0 Å². The number of nitrogens with zero attached hydrogens (tertiary/aromatic N) is 7. The van der Waals surface area contributed by atoms with Gasteiger partial charge in [0.2, 0.25) is 11.9 Å². The molecule has 0 N–H and O–H groups in total. The van der Waals surface area contributed by atoms with Crippen molar-refractivity contribution >= 4 is 43.6 Å². The van der Waals surface area contributed by atoms with Crippen LogP contribution in [0.3, 0.4) is 0 Å². The zero-order chi connectivity index (χ0) is 33.0. The molecule has 0 saturated carbocycles.